The van der Waals surface area contributed by atoms with Gasteiger partial charge in [0.1, 0.15) is 5.75 Å². The molecule has 0 heterocycles. The van der Waals surface area contributed by atoms with Gasteiger partial charge in [0.2, 0.25) is 0 Å². The van der Waals surface area contributed by atoms with E-state index in [2.05, 4.69) is 29.7 Å². The molecular formula is C22H27N3O3. The van der Waals surface area contributed by atoms with Crippen LogP contribution in [-0.2, 0) is 16.1 Å². The summed E-state index contributed by atoms with van der Waals surface area (Å²) >= 11 is 0. The summed E-state index contributed by atoms with van der Waals surface area (Å²) in [6.45, 7) is 7.14. The van der Waals surface area contributed by atoms with E-state index in [0.717, 1.165) is 17.5 Å². The third-order valence-electron chi connectivity index (χ3n) is 4.06. The number of nitrogens with one attached hydrogen (secondary N) is 2. The van der Waals surface area contributed by atoms with Gasteiger partial charge in [-0.15, -0.1) is 0 Å². The molecule has 0 atom stereocenters. The fourth-order valence-electron chi connectivity index (χ4n) is 2.42. The Hall–Kier alpha value is -3.15. The average Bonchev–Trinajstić information content (AvgIpc) is 2.71. The van der Waals surface area contributed by atoms with E-state index >= 15 is 0 Å². The minimum absolute atomic E-state index is 0.280. The van der Waals surface area contributed by atoms with Crippen molar-refractivity contribution in [3.05, 3.63) is 65.2 Å². The molecule has 0 unspecified atom stereocenters. The van der Waals surface area contributed by atoms with Crippen LogP contribution in [0.4, 0.5) is 0 Å². The lowest BCUT2D eigenvalue weighted by Crippen LogP contribution is -2.37. The lowest BCUT2D eigenvalue weighted by molar-refractivity contribution is -0.139. The Morgan fingerprint density at radius 1 is 1.07 bits per heavy atom. The maximum atomic E-state index is 11.9. The lowest BCUT2D eigenvalue weighted by Gasteiger charge is -2.08. The van der Waals surface area contributed by atoms with E-state index in [1.807, 2.05) is 55.5 Å². The zero-order valence-corrected chi connectivity index (χ0v) is 16.6. The van der Waals surface area contributed by atoms with Gasteiger partial charge in [-0.25, -0.2) is 5.43 Å². The van der Waals surface area contributed by atoms with Crippen LogP contribution in [0, 0.1) is 0 Å². The van der Waals surface area contributed by atoms with Gasteiger partial charge in [0.05, 0.1) is 12.8 Å². The Balaban J connectivity index is 1.84. The fourth-order valence-corrected chi connectivity index (χ4v) is 2.42. The van der Waals surface area contributed by atoms with Gasteiger partial charge in [-0.3, -0.25) is 9.59 Å². The second-order valence-corrected chi connectivity index (χ2v) is 6.66. The summed E-state index contributed by atoms with van der Waals surface area (Å²) in [6.07, 6.45) is 2.35. The van der Waals surface area contributed by atoms with Crippen LogP contribution in [0.2, 0.25) is 0 Å². The van der Waals surface area contributed by atoms with E-state index in [-0.39, 0.29) is 6.54 Å². The number of carbonyl (C=O) groups excluding carboxylic acids is 2. The first kappa shape index (κ1) is 21.2. The fraction of sp³-hybridized carbons (Fsp3) is 0.318. The first-order valence-electron chi connectivity index (χ1n) is 9.43. The van der Waals surface area contributed by atoms with Crippen molar-refractivity contribution < 1.29 is 14.3 Å². The quantitative estimate of drug-likeness (QED) is 0.418. The third kappa shape index (κ3) is 6.54. The molecule has 0 radical (unpaired) electrons. The lowest BCUT2D eigenvalue weighted by atomic mass is 10.0. The monoisotopic (exact) mass is 381 g/mol. The van der Waals surface area contributed by atoms with Gasteiger partial charge in [-0.05, 0) is 35.6 Å². The van der Waals surface area contributed by atoms with E-state index in [4.69, 9.17) is 4.74 Å². The van der Waals surface area contributed by atoms with Crippen LogP contribution in [0.5, 0.6) is 5.75 Å². The largest absolute Gasteiger partial charge is 0.493 e. The molecule has 0 aliphatic rings. The van der Waals surface area contributed by atoms with E-state index in [9.17, 15) is 9.59 Å². The first-order valence-corrected chi connectivity index (χ1v) is 9.43. The van der Waals surface area contributed by atoms with Crippen molar-refractivity contribution in [3.63, 3.8) is 0 Å². The van der Waals surface area contributed by atoms with Crippen molar-refractivity contribution >= 4 is 18.0 Å². The summed E-state index contributed by atoms with van der Waals surface area (Å²) in [5, 5.41) is 6.44. The molecule has 2 N–H and O–H groups in total. The van der Waals surface area contributed by atoms with Crippen molar-refractivity contribution in [1.29, 1.82) is 0 Å². The molecule has 6 nitrogen and oxygen atoms in total. The molecule has 0 aliphatic carbocycles. The van der Waals surface area contributed by atoms with Crippen LogP contribution >= 0.6 is 0 Å². The highest BCUT2D eigenvalue weighted by atomic mass is 16.5. The highest BCUT2D eigenvalue weighted by Crippen LogP contribution is 2.16. The van der Waals surface area contributed by atoms with Gasteiger partial charge in [0.25, 0.3) is 0 Å². The SMILES string of the molecule is CCCOc1ccccc1/C=N\NC(=O)C(=O)NCc1ccc(C(C)C)cc1. The van der Waals surface area contributed by atoms with Crippen molar-refractivity contribution in [2.24, 2.45) is 5.10 Å². The Bertz CT molecular complexity index is 814. The molecule has 28 heavy (non-hydrogen) atoms. The molecule has 0 fully saturated rings. The number of nitrogens with zero attached hydrogens (tertiary/aromatic N) is 1. The number of para-hydroxylation sites is 1. The third-order valence-corrected chi connectivity index (χ3v) is 4.06. The molecule has 2 aromatic carbocycles. The summed E-state index contributed by atoms with van der Waals surface area (Å²) < 4.78 is 5.62. The Kier molecular flexibility index (Phi) is 8.21. The smallest absolute Gasteiger partial charge is 0.329 e. The minimum Gasteiger partial charge on any atom is -0.493 e. The standard InChI is InChI=1S/C22H27N3O3/c1-4-13-28-20-8-6-5-7-19(20)15-24-25-22(27)21(26)23-14-17-9-11-18(12-10-17)16(2)3/h5-12,15-16H,4,13-14H2,1-3H3,(H,23,26)(H,25,27)/b24-15-. The maximum Gasteiger partial charge on any atom is 0.329 e. The van der Waals surface area contributed by atoms with Crippen molar-refractivity contribution in [3.8, 4) is 5.75 Å². The highest BCUT2D eigenvalue weighted by molar-refractivity contribution is 6.35. The summed E-state index contributed by atoms with van der Waals surface area (Å²) in [5.74, 6) is -0.427. The van der Waals surface area contributed by atoms with Crippen molar-refractivity contribution in [2.45, 2.75) is 39.7 Å². The summed E-state index contributed by atoms with van der Waals surface area (Å²) in [5.41, 5.74) is 5.12. The van der Waals surface area contributed by atoms with Gasteiger partial charge in [-0.1, -0.05) is 57.2 Å². The van der Waals surface area contributed by atoms with Crippen LogP contribution in [0.15, 0.2) is 53.6 Å². The molecule has 0 aromatic heterocycles. The molecule has 0 spiro atoms. The van der Waals surface area contributed by atoms with E-state index < -0.39 is 11.8 Å². The van der Waals surface area contributed by atoms with Crippen LogP contribution in [-0.4, -0.2) is 24.6 Å². The number of hydrazone groups is 1. The van der Waals surface area contributed by atoms with Crippen molar-refractivity contribution in [1.82, 2.24) is 10.7 Å². The molecule has 0 bridgehead atoms. The number of benzene rings is 2. The predicted molar refractivity (Wildman–Crippen MR) is 110 cm³/mol. The summed E-state index contributed by atoms with van der Waals surface area (Å²) in [7, 11) is 0. The zero-order valence-electron chi connectivity index (χ0n) is 16.6. The van der Waals surface area contributed by atoms with E-state index in [0.29, 0.717) is 18.3 Å². The van der Waals surface area contributed by atoms with Gasteiger partial charge >= 0.3 is 11.8 Å². The van der Waals surface area contributed by atoms with Crippen LogP contribution in [0.1, 0.15) is 49.8 Å². The highest BCUT2D eigenvalue weighted by Gasteiger charge is 2.12. The number of hydrogen-bond acceptors (Lipinski definition) is 4. The molecule has 0 saturated heterocycles. The molecule has 0 aliphatic heterocycles. The van der Waals surface area contributed by atoms with Crippen LogP contribution in [0.3, 0.4) is 0 Å². The molecule has 2 rings (SSSR count). The van der Waals surface area contributed by atoms with Crippen molar-refractivity contribution in [2.75, 3.05) is 6.61 Å². The Morgan fingerprint density at radius 2 is 1.79 bits per heavy atom. The van der Waals surface area contributed by atoms with Gasteiger partial charge in [-0.2, -0.15) is 5.10 Å². The second-order valence-electron chi connectivity index (χ2n) is 6.66. The topological polar surface area (TPSA) is 79.8 Å². The molecular weight excluding hydrogens is 354 g/mol. The first-order chi connectivity index (χ1) is 13.5. The molecule has 148 valence electrons. The summed E-state index contributed by atoms with van der Waals surface area (Å²) in [6, 6.07) is 15.3. The normalized spacial score (nSPS) is 10.9. The maximum absolute atomic E-state index is 11.9. The Morgan fingerprint density at radius 3 is 2.46 bits per heavy atom. The summed E-state index contributed by atoms with van der Waals surface area (Å²) in [4.78, 5) is 23.8. The van der Waals surface area contributed by atoms with E-state index in [1.165, 1.54) is 11.8 Å². The molecule has 6 heteroatoms. The number of ether oxygens (including phenoxy) is 1. The Labute approximate surface area is 166 Å². The number of hydrogen-bond donors (Lipinski definition) is 2. The van der Waals surface area contributed by atoms with Crippen LogP contribution < -0.4 is 15.5 Å². The number of amides is 2. The van der Waals surface area contributed by atoms with Crippen LogP contribution in [0.25, 0.3) is 0 Å². The minimum atomic E-state index is -0.818. The van der Waals surface area contributed by atoms with Gasteiger partial charge in [0.15, 0.2) is 0 Å². The van der Waals surface area contributed by atoms with Gasteiger partial charge < -0.3 is 10.1 Å². The average molecular weight is 381 g/mol. The van der Waals surface area contributed by atoms with Gasteiger partial charge in [0, 0.05) is 12.1 Å². The number of carbonyl (C=O) groups is 2. The molecule has 2 aromatic rings. The van der Waals surface area contributed by atoms with E-state index in [1.54, 1.807) is 0 Å². The predicted octanol–water partition coefficient (Wildman–Crippen LogP) is 3.37. The number of rotatable bonds is 8. The molecule has 0 saturated carbocycles. The second kappa shape index (κ2) is 10.9. The molecule has 2 amide bonds. The zero-order chi connectivity index (χ0) is 20.4.